The van der Waals surface area contributed by atoms with Crippen LogP contribution in [0.4, 0.5) is 5.69 Å². The van der Waals surface area contributed by atoms with Crippen molar-refractivity contribution in [3.63, 3.8) is 0 Å². The minimum Gasteiger partial charge on any atom is -0.504 e. The number of halogens is 1. The molecule has 0 saturated heterocycles. The third kappa shape index (κ3) is 4.49. The third-order valence-electron chi connectivity index (χ3n) is 5.33. The minimum absolute atomic E-state index is 0.0432. The van der Waals surface area contributed by atoms with Gasteiger partial charge in [0.15, 0.2) is 17.1 Å². The number of rotatable bonds is 6. The quantitative estimate of drug-likeness (QED) is 0.296. The van der Waals surface area contributed by atoms with Gasteiger partial charge in [-0.3, -0.25) is 4.99 Å². The summed E-state index contributed by atoms with van der Waals surface area (Å²) < 4.78 is 12.0. The van der Waals surface area contributed by atoms with Crippen molar-refractivity contribution in [3.8, 4) is 23.0 Å². The van der Waals surface area contributed by atoms with E-state index in [1.165, 1.54) is 12.7 Å². The van der Waals surface area contributed by atoms with Gasteiger partial charge in [-0.1, -0.05) is 41.9 Å². The molecule has 158 valence electrons. The molecule has 3 aromatic carbocycles. The first-order valence-corrected chi connectivity index (χ1v) is 10.9. The number of phenolic OH excluding ortho intramolecular Hbond substituents is 1. The van der Waals surface area contributed by atoms with E-state index < -0.39 is 0 Å². The summed E-state index contributed by atoms with van der Waals surface area (Å²) in [6.07, 6.45) is 2.68. The Bertz CT molecular complexity index is 1260. The standard InChI is InChI=1S/C25H23BrN2O3/c1-4-15(2)16-8-9-22-21(12-16)28-25(31-22)17-6-5-7-20(11-17)27-14-18-10-19(26)13-23(30-3)24(18)29/h5-15,29H,4H2,1-3H3/t15-/m0/s1. The number of hydrogen-bond acceptors (Lipinski definition) is 5. The van der Waals surface area contributed by atoms with Crippen molar-refractivity contribution in [2.45, 2.75) is 26.2 Å². The van der Waals surface area contributed by atoms with Crippen LogP contribution in [-0.4, -0.2) is 23.4 Å². The van der Waals surface area contributed by atoms with Crippen molar-refractivity contribution in [1.29, 1.82) is 0 Å². The average molecular weight is 479 g/mol. The van der Waals surface area contributed by atoms with Crippen LogP contribution in [0.5, 0.6) is 11.5 Å². The number of aromatic nitrogens is 1. The zero-order chi connectivity index (χ0) is 22.0. The topological polar surface area (TPSA) is 67.9 Å². The second-order valence-corrected chi connectivity index (χ2v) is 8.33. The molecule has 4 rings (SSSR count). The Kier molecular flexibility index (Phi) is 6.09. The zero-order valence-corrected chi connectivity index (χ0v) is 19.2. The van der Waals surface area contributed by atoms with Crippen LogP contribution < -0.4 is 4.74 Å². The van der Waals surface area contributed by atoms with Gasteiger partial charge < -0.3 is 14.3 Å². The van der Waals surface area contributed by atoms with E-state index in [9.17, 15) is 5.11 Å². The summed E-state index contributed by atoms with van der Waals surface area (Å²) in [5.74, 6) is 1.46. The van der Waals surface area contributed by atoms with Gasteiger partial charge in [0.25, 0.3) is 0 Å². The van der Waals surface area contributed by atoms with Crippen molar-refractivity contribution < 1.29 is 14.3 Å². The van der Waals surface area contributed by atoms with Crippen LogP contribution in [-0.2, 0) is 0 Å². The SMILES string of the molecule is CC[C@H](C)c1ccc2oc(-c3cccc(N=Cc4cc(Br)cc(OC)c4O)c3)nc2c1. The molecule has 0 amide bonds. The second-order valence-electron chi connectivity index (χ2n) is 7.41. The number of ether oxygens (including phenoxy) is 1. The van der Waals surface area contributed by atoms with Crippen molar-refractivity contribution in [2.24, 2.45) is 4.99 Å². The highest BCUT2D eigenvalue weighted by Crippen LogP contribution is 2.33. The van der Waals surface area contributed by atoms with Gasteiger partial charge in [0.2, 0.25) is 5.89 Å². The largest absolute Gasteiger partial charge is 0.504 e. The van der Waals surface area contributed by atoms with Gasteiger partial charge in [-0.05, 0) is 60.4 Å². The van der Waals surface area contributed by atoms with E-state index in [0.29, 0.717) is 23.1 Å². The van der Waals surface area contributed by atoms with Crippen molar-refractivity contribution in [1.82, 2.24) is 4.98 Å². The van der Waals surface area contributed by atoms with E-state index >= 15 is 0 Å². The molecule has 0 bridgehead atoms. The molecule has 1 atom stereocenters. The van der Waals surface area contributed by atoms with Crippen LogP contribution in [0.3, 0.4) is 0 Å². The lowest BCUT2D eigenvalue weighted by atomic mass is 9.98. The van der Waals surface area contributed by atoms with Gasteiger partial charge in [0, 0.05) is 21.8 Å². The second kappa shape index (κ2) is 8.94. The lowest BCUT2D eigenvalue weighted by Crippen LogP contribution is -1.90. The molecule has 0 aliphatic carbocycles. The van der Waals surface area contributed by atoms with E-state index in [1.54, 1.807) is 18.3 Å². The number of aliphatic imine (C=N–C) groups is 1. The van der Waals surface area contributed by atoms with Gasteiger partial charge in [0.05, 0.1) is 12.8 Å². The maximum atomic E-state index is 10.3. The molecule has 0 saturated carbocycles. The summed E-state index contributed by atoms with van der Waals surface area (Å²) in [7, 11) is 1.51. The monoisotopic (exact) mass is 478 g/mol. The Morgan fingerprint density at radius 3 is 2.81 bits per heavy atom. The minimum atomic E-state index is 0.0432. The highest BCUT2D eigenvalue weighted by molar-refractivity contribution is 9.10. The van der Waals surface area contributed by atoms with Gasteiger partial charge in [-0.15, -0.1) is 0 Å². The van der Waals surface area contributed by atoms with Crippen LogP contribution in [0.1, 0.15) is 37.3 Å². The number of oxazole rings is 1. The van der Waals surface area contributed by atoms with Crippen LogP contribution >= 0.6 is 15.9 Å². The predicted octanol–water partition coefficient (Wildman–Crippen LogP) is 7.24. The first-order valence-electron chi connectivity index (χ1n) is 10.1. The zero-order valence-electron chi connectivity index (χ0n) is 17.6. The summed E-state index contributed by atoms with van der Waals surface area (Å²) in [5.41, 5.74) is 4.99. The molecule has 0 radical (unpaired) electrons. The predicted molar refractivity (Wildman–Crippen MR) is 128 cm³/mol. The van der Waals surface area contributed by atoms with Gasteiger partial charge in [-0.25, -0.2) is 4.98 Å². The van der Waals surface area contributed by atoms with Crippen molar-refractivity contribution in [3.05, 3.63) is 70.2 Å². The molecule has 0 spiro atoms. The summed E-state index contributed by atoms with van der Waals surface area (Å²) in [6.45, 7) is 4.39. The van der Waals surface area contributed by atoms with E-state index in [0.717, 1.165) is 33.2 Å². The number of hydrogen-bond donors (Lipinski definition) is 1. The van der Waals surface area contributed by atoms with Crippen LogP contribution in [0.2, 0.25) is 0 Å². The fraction of sp³-hybridized carbons (Fsp3) is 0.200. The highest BCUT2D eigenvalue weighted by Gasteiger charge is 2.12. The Morgan fingerprint density at radius 1 is 1.19 bits per heavy atom. The molecule has 0 aliphatic rings. The van der Waals surface area contributed by atoms with E-state index in [-0.39, 0.29) is 5.75 Å². The van der Waals surface area contributed by atoms with E-state index in [4.69, 9.17) is 9.15 Å². The van der Waals surface area contributed by atoms with Gasteiger partial charge in [0.1, 0.15) is 5.52 Å². The summed E-state index contributed by atoms with van der Waals surface area (Å²) in [4.78, 5) is 9.20. The first kappa shape index (κ1) is 21.1. The van der Waals surface area contributed by atoms with Crippen LogP contribution in [0, 0.1) is 0 Å². The molecule has 0 fully saturated rings. The van der Waals surface area contributed by atoms with Crippen LogP contribution in [0.25, 0.3) is 22.6 Å². The first-order chi connectivity index (χ1) is 15.0. The maximum Gasteiger partial charge on any atom is 0.227 e. The number of benzene rings is 3. The molecule has 0 unspecified atom stereocenters. The van der Waals surface area contributed by atoms with E-state index in [1.807, 2.05) is 30.3 Å². The van der Waals surface area contributed by atoms with E-state index in [2.05, 4.69) is 51.9 Å². The van der Waals surface area contributed by atoms with Gasteiger partial charge in [-0.2, -0.15) is 0 Å². The lowest BCUT2D eigenvalue weighted by Gasteiger charge is -2.07. The number of fused-ring (bicyclic) bond motifs is 1. The Labute approximate surface area is 189 Å². The maximum absolute atomic E-state index is 10.3. The average Bonchev–Trinajstić information content (AvgIpc) is 3.22. The molecular formula is C25H23BrN2O3. The number of phenols is 1. The molecule has 31 heavy (non-hydrogen) atoms. The molecule has 0 aliphatic heterocycles. The molecule has 5 nitrogen and oxygen atoms in total. The van der Waals surface area contributed by atoms with Gasteiger partial charge >= 0.3 is 0 Å². The molecule has 1 aromatic heterocycles. The summed E-state index contributed by atoms with van der Waals surface area (Å²) in [6, 6.07) is 17.3. The fourth-order valence-electron chi connectivity index (χ4n) is 3.32. The molecule has 1 heterocycles. The molecule has 1 N–H and O–H groups in total. The van der Waals surface area contributed by atoms with Crippen molar-refractivity contribution >= 4 is 38.9 Å². The lowest BCUT2D eigenvalue weighted by molar-refractivity contribution is 0.373. The molecular weight excluding hydrogens is 456 g/mol. The number of nitrogens with zero attached hydrogens (tertiary/aromatic N) is 2. The van der Waals surface area contributed by atoms with Crippen molar-refractivity contribution in [2.75, 3.05) is 7.11 Å². The summed E-state index contributed by atoms with van der Waals surface area (Å²) >= 11 is 3.42. The molecule has 6 heteroatoms. The number of methoxy groups -OCH3 is 1. The smallest absolute Gasteiger partial charge is 0.227 e. The normalized spacial score (nSPS) is 12.5. The number of aromatic hydroxyl groups is 1. The Balaban J connectivity index is 1.65. The summed E-state index contributed by atoms with van der Waals surface area (Å²) in [5, 5.41) is 10.3. The molecule has 4 aromatic rings. The fourth-order valence-corrected chi connectivity index (χ4v) is 3.78. The third-order valence-corrected chi connectivity index (χ3v) is 5.79. The van der Waals surface area contributed by atoms with Crippen LogP contribution in [0.15, 0.2) is 68.5 Å². The Morgan fingerprint density at radius 2 is 2.03 bits per heavy atom. The Hall–Kier alpha value is -3.12. The highest BCUT2D eigenvalue weighted by atomic mass is 79.9.